The van der Waals surface area contributed by atoms with Crippen LogP contribution in [0, 0.1) is 0 Å². The number of hydrogen-bond donors (Lipinski definition) is 0. The van der Waals surface area contributed by atoms with Gasteiger partial charge in [-0.15, -0.1) is 0 Å². The lowest BCUT2D eigenvalue weighted by atomic mass is 9.83. The fourth-order valence-electron chi connectivity index (χ4n) is 3.42. The number of hydrogen-bond acceptors (Lipinski definition) is 4. The summed E-state index contributed by atoms with van der Waals surface area (Å²) in [5, 5.41) is 0.668. The highest BCUT2D eigenvalue weighted by Crippen LogP contribution is 2.45. The van der Waals surface area contributed by atoms with Gasteiger partial charge in [0.25, 0.3) is 0 Å². The van der Waals surface area contributed by atoms with Crippen molar-refractivity contribution in [2.24, 2.45) is 0 Å². The van der Waals surface area contributed by atoms with Crippen molar-refractivity contribution in [3.05, 3.63) is 94.2 Å². The van der Waals surface area contributed by atoms with E-state index >= 15 is 0 Å². The predicted molar refractivity (Wildman–Crippen MR) is 101 cm³/mol. The van der Waals surface area contributed by atoms with Gasteiger partial charge in [-0.3, -0.25) is 9.59 Å². The van der Waals surface area contributed by atoms with Crippen molar-refractivity contribution in [1.29, 1.82) is 0 Å². The fraction of sp³-hybridized carbons (Fsp3) is 0. The van der Waals surface area contributed by atoms with Gasteiger partial charge in [0.15, 0.2) is 22.9 Å². The van der Waals surface area contributed by atoms with Gasteiger partial charge in [-0.05, 0) is 18.2 Å². The van der Waals surface area contributed by atoms with Gasteiger partial charge in [0.1, 0.15) is 5.75 Å². The molecule has 5 rings (SSSR count). The lowest BCUT2D eigenvalue weighted by Crippen LogP contribution is -2.22. The van der Waals surface area contributed by atoms with Crippen LogP contribution < -0.4 is 4.74 Å². The summed E-state index contributed by atoms with van der Waals surface area (Å²) in [6.07, 6.45) is 1.46. The Kier molecular flexibility index (Phi) is 3.42. The van der Waals surface area contributed by atoms with E-state index in [1.807, 2.05) is 18.2 Å². The molecule has 5 heteroatoms. The maximum Gasteiger partial charge on any atom is 0.198 e. The molecule has 1 heterocycles. The topological polar surface area (TPSA) is 56.5 Å². The summed E-state index contributed by atoms with van der Waals surface area (Å²) in [6, 6.07) is 17.4. The number of ether oxygens (including phenoxy) is 1. The van der Waals surface area contributed by atoms with Crippen LogP contribution in [0.3, 0.4) is 0 Å². The second-order valence-corrected chi connectivity index (χ2v) is 6.55. The molecule has 0 radical (unpaired) electrons. The van der Waals surface area contributed by atoms with Gasteiger partial charge in [-0.25, -0.2) is 0 Å². The summed E-state index contributed by atoms with van der Waals surface area (Å²) < 4.78 is 11.5. The summed E-state index contributed by atoms with van der Waals surface area (Å²) >= 11 is 6.48. The normalized spacial score (nSPS) is 12.8. The number of halogens is 1. The number of benzene rings is 3. The minimum Gasteiger partial charge on any atom is -0.463 e. The van der Waals surface area contributed by atoms with Crippen molar-refractivity contribution in [1.82, 2.24) is 0 Å². The average molecular weight is 375 g/mol. The van der Waals surface area contributed by atoms with Crippen LogP contribution in [0.25, 0.3) is 11.0 Å². The van der Waals surface area contributed by atoms with Crippen LogP contribution >= 0.6 is 11.6 Å². The quantitative estimate of drug-likeness (QED) is 0.400. The van der Waals surface area contributed by atoms with Gasteiger partial charge >= 0.3 is 0 Å². The second-order valence-electron chi connectivity index (χ2n) is 6.18. The smallest absolute Gasteiger partial charge is 0.198 e. The second kappa shape index (κ2) is 5.83. The van der Waals surface area contributed by atoms with Gasteiger partial charge < -0.3 is 9.15 Å². The first kappa shape index (κ1) is 15.9. The van der Waals surface area contributed by atoms with E-state index in [0.717, 1.165) is 0 Å². The Labute approximate surface area is 158 Å². The Morgan fingerprint density at radius 2 is 1.41 bits per heavy atom. The maximum absolute atomic E-state index is 13.3. The monoisotopic (exact) mass is 374 g/mol. The third kappa shape index (κ3) is 2.24. The van der Waals surface area contributed by atoms with Crippen LogP contribution in [0.1, 0.15) is 31.8 Å². The summed E-state index contributed by atoms with van der Waals surface area (Å²) in [5.74, 6) is 0.207. The molecule has 3 aromatic carbocycles. The predicted octanol–water partition coefficient (Wildman–Crippen LogP) is 5.65. The first-order valence-electron chi connectivity index (χ1n) is 8.31. The molecular weight excluding hydrogens is 364 g/mol. The Morgan fingerprint density at radius 1 is 0.778 bits per heavy atom. The lowest BCUT2D eigenvalue weighted by molar-refractivity contribution is 0.0977. The molecule has 1 aromatic heterocycles. The molecule has 0 amide bonds. The summed E-state index contributed by atoms with van der Waals surface area (Å²) in [4.78, 5) is 26.4. The summed E-state index contributed by atoms with van der Waals surface area (Å²) in [7, 11) is 0. The van der Waals surface area contributed by atoms with Crippen molar-refractivity contribution in [3.63, 3.8) is 0 Å². The minimum atomic E-state index is -0.318. The van der Waals surface area contributed by atoms with Crippen molar-refractivity contribution >= 4 is 34.1 Å². The first-order chi connectivity index (χ1) is 13.2. The van der Waals surface area contributed by atoms with E-state index < -0.39 is 0 Å². The molecular formula is C22H11ClO4. The molecule has 1 aliphatic carbocycles. The number of rotatable bonds is 2. The van der Waals surface area contributed by atoms with Gasteiger partial charge in [-0.1, -0.05) is 54.1 Å². The molecule has 0 N–H and O–H groups in total. The standard InChI is InChI=1S/C22H11ClO4/c23-18-16-17(20(25)14-9-5-4-8-13(14)19(16)24)21(15-10-11-26-22(15)18)27-12-6-2-1-3-7-12/h1-11H. The van der Waals surface area contributed by atoms with Crippen molar-refractivity contribution in [2.75, 3.05) is 0 Å². The SMILES string of the molecule is O=C1c2ccccc2C(=O)c2c1c(Oc1ccccc1)c1ccoc1c2Cl. The van der Waals surface area contributed by atoms with E-state index in [0.29, 0.717) is 27.8 Å². The van der Waals surface area contributed by atoms with Gasteiger partial charge in [0, 0.05) is 11.1 Å². The molecule has 0 saturated carbocycles. The van der Waals surface area contributed by atoms with Crippen molar-refractivity contribution in [3.8, 4) is 11.5 Å². The summed E-state index contributed by atoms with van der Waals surface area (Å²) in [5.41, 5.74) is 1.28. The average Bonchev–Trinajstić information content (AvgIpc) is 3.19. The van der Waals surface area contributed by atoms with Crippen LogP contribution in [-0.2, 0) is 0 Å². The van der Waals surface area contributed by atoms with Gasteiger partial charge in [0.05, 0.1) is 27.8 Å². The van der Waals surface area contributed by atoms with Crippen LogP contribution in [0.15, 0.2) is 71.3 Å². The van der Waals surface area contributed by atoms with Crippen molar-refractivity contribution < 1.29 is 18.7 Å². The Bertz CT molecular complexity index is 1240. The third-order valence-corrected chi connectivity index (χ3v) is 5.00. The zero-order valence-electron chi connectivity index (χ0n) is 13.9. The molecule has 0 aliphatic heterocycles. The molecule has 0 spiro atoms. The number of furan rings is 1. The lowest BCUT2D eigenvalue weighted by Gasteiger charge is -2.21. The Morgan fingerprint density at radius 3 is 2.11 bits per heavy atom. The maximum atomic E-state index is 13.3. The number of carbonyl (C=O) groups excluding carboxylic acids is 2. The van der Waals surface area contributed by atoms with E-state index in [9.17, 15) is 9.59 Å². The first-order valence-corrected chi connectivity index (χ1v) is 8.68. The van der Waals surface area contributed by atoms with E-state index in [-0.39, 0.29) is 33.5 Å². The van der Waals surface area contributed by atoms with Crippen LogP contribution in [0.2, 0.25) is 5.02 Å². The fourth-order valence-corrected chi connectivity index (χ4v) is 3.75. The Hall–Kier alpha value is -3.37. The molecule has 4 nitrogen and oxygen atoms in total. The molecule has 0 bridgehead atoms. The largest absolute Gasteiger partial charge is 0.463 e. The molecule has 0 unspecified atom stereocenters. The highest BCUT2D eigenvalue weighted by Gasteiger charge is 2.37. The number of ketones is 2. The highest BCUT2D eigenvalue weighted by molar-refractivity contribution is 6.43. The summed E-state index contributed by atoms with van der Waals surface area (Å²) in [6.45, 7) is 0. The zero-order valence-corrected chi connectivity index (χ0v) is 14.6. The van der Waals surface area contributed by atoms with E-state index in [4.69, 9.17) is 20.8 Å². The number of fused-ring (bicyclic) bond motifs is 3. The van der Waals surface area contributed by atoms with Crippen LogP contribution in [0.5, 0.6) is 11.5 Å². The van der Waals surface area contributed by atoms with E-state index in [1.165, 1.54) is 6.26 Å². The van der Waals surface area contributed by atoms with Gasteiger partial charge in [-0.2, -0.15) is 0 Å². The molecule has 0 atom stereocenters. The molecule has 27 heavy (non-hydrogen) atoms. The van der Waals surface area contributed by atoms with E-state index in [2.05, 4.69) is 0 Å². The molecule has 130 valence electrons. The van der Waals surface area contributed by atoms with Crippen LogP contribution in [-0.4, -0.2) is 11.6 Å². The zero-order chi connectivity index (χ0) is 18.5. The minimum absolute atomic E-state index is 0.119. The Balaban J connectivity index is 1.86. The number of para-hydroxylation sites is 1. The van der Waals surface area contributed by atoms with E-state index in [1.54, 1.807) is 42.5 Å². The molecule has 1 aliphatic rings. The highest BCUT2D eigenvalue weighted by atomic mass is 35.5. The third-order valence-electron chi connectivity index (χ3n) is 4.64. The molecule has 0 saturated heterocycles. The number of carbonyl (C=O) groups is 2. The van der Waals surface area contributed by atoms with Gasteiger partial charge in [0.2, 0.25) is 0 Å². The molecule has 0 fully saturated rings. The van der Waals surface area contributed by atoms with Crippen molar-refractivity contribution in [2.45, 2.75) is 0 Å². The van der Waals surface area contributed by atoms with Crippen LogP contribution in [0.4, 0.5) is 0 Å². The molecule has 4 aromatic rings.